The minimum absolute atomic E-state index is 0.500. The number of hydrogen-bond donors (Lipinski definition) is 0. The lowest BCUT2D eigenvalue weighted by atomic mass is 10.1. The first-order valence-corrected chi connectivity index (χ1v) is 5.40. The van der Waals surface area contributed by atoms with E-state index in [-0.39, 0.29) is 0 Å². The molecule has 0 atom stereocenters. The van der Waals surface area contributed by atoms with Crippen LogP contribution in [0, 0.1) is 18.3 Å². The van der Waals surface area contributed by atoms with Gasteiger partial charge < -0.3 is 9.64 Å². The van der Waals surface area contributed by atoms with Gasteiger partial charge in [0.05, 0.1) is 24.6 Å². The third-order valence-corrected chi connectivity index (χ3v) is 2.74. The molecule has 1 aromatic rings. The zero-order valence-electron chi connectivity index (χ0n) is 9.75. The van der Waals surface area contributed by atoms with Gasteiger partial charge in [-0.25, -0.2) is 0 Å². The summed E-state index contributed by atoms with van der Waals surface area (Å²) < 4.78 is 5.14. The number of rotatable bonds is 4. The Bertz CT molecular complexity index is 412. The summed E-state index contributed by atoms with van der Waals surface area (Å²) in [5.74, 6) is 0.677. The Morgan fingerprint density at radius 2 is 2.19 bits per heavy atom. The van der Waals surface area contributed by atoms with Crippen molar-refractivity contribution in [2.75, 3.05) is 25.6 Å². The van der Waals surface area contributed by atoms with Gasteiger partial charge in [0, 0.05) is 19.3 Å². The summed E-state index contributed by atoms with van der Waals surface area (Å²) >= 11 is 6.06. The number of ether oxygens (including phenoxy) is 1. The highest BCUT2D eigenvalue weighted by atomic mass is 35.5. The second-order valence-corrected chi connectivity index (χ2v) is 4.01. The van der Waals surface area contributed by atoms with Crippen molar-refractivity contribution in [3.8, 4) is 11.8 Å². The molecule has 0 N–H and O–H groups in total. The Hall–Kier alpha value is -1.40. The molecular formula is C12H15ClN2O. The van der Waals surface area contributed by atoms with E-state index in [2.05, 4.69) is 6.07 Å². The molecule has 0 aliphatic rings. The van der Waals surface area contributed by atoms with Crippen LogP contribution in [0.15, 0.2) is 12.1 Å². The number of aryl methyl sites for hydroxylation is 1. The van der Waals surface area contributed by atoms with Crippen molar-refractivity contribution in [2.45, 2.75) is 13.3 Å². The van der Waals surface area contributed by atoms with Crippen molar-refractivity contribution in [2.24, 2.45) is 0 Å². The SMILES string of the molecule is COc1cc(C)c(N(C)CCC#N)cc1Cl. The molecular weight excluding hydrogens is 224 g/mol. The van der Waals surface area contributed by atoms with Crippen LogP contribution in [0.5, 0.6) is 5.75 Å². The molecule has 0 amide bonds. The highest BCUT2D eigenvalue weighted by Gasteiger charge is 2.09. The Morgan fingerprint density at radius 3 is 2.75 bits per heavy atom. The highest BCUT2D eigenvalue weighted by molar-refractivity contribution is 6.32. The van der Waals surface area contributed by atoms with Crippen molar-refractivity contribution < 1.29 is 4.74 Å². The van der Waals surface area contributed by atoms with Gasteiger partial charge in [0.1, 0.15) is 5.75 Å². The standard InChI is InChI=1S/C12H15ClN2O/c1-9-7-12(16-3)10(13)8-11(9)15(2)6-4-5-14/h7-8H,4,6H2,1-3H3. The van der Waals surface area contributed by atoms with Crippen molar-refractivity contribution in [1.29, 1.82) is 5.26 Å². The van der Waals surface area contributed by atoms with Crippen LogP contribution in [-0.2, 0) is 0 Å². The van der Waals surface area contributed by atoms with Gasteiger partial charge >= 0.3 is 0 Å². The molecule has 3 nitrogen and oxygen atoms in total. The van der Waals surface area contributed by atoms with E-state index in [0.29, 0.717) is 23.7 Å². The summed E-state index contributed by atoms with van der Waals surface area (Å²) in [7, 11) is 3.54. The van der Waals surface area contributed by atoms with Crippen LogP contribution in [-0.4, -0.2) is 20.7 Å². The van der Waals surface area contributed by atoms with Gasteiger partial charge in [0.25, 0.3) is 0 Å². The lowest BCUT2D eigenvalue weighted by molar-refractivity contribution is 0.414. The van der Waals surface area contributed by atoms with E-state index in [4.69, 9.17) is 21.6 Å². The minimum atomic E-state index is 0.500. The molecule has 0 spiro atoms. The molecule has 0 unspecified atom stereocenters. The second kappa shape index (κ2) is 5.62. The van der Waals surface area contributed by atoms with Crippen LogP contribution in [0.4, 0.5) is 5.69 Å². The fourth-order valence-electron chi connectivity index (χ4n) is 1.55. The van der Waals surface area contributed by atoms with Gasteiger partial charge in [-0.1, -0.05) is 11.6 Å². The first-order valence-electron chi connectivity index (χ1n) is 5.02. The molecule has 0 bridgehead atoms. The lowest BCUT2D eigenvalue weighted by Crippen LogP contribution is -2.19. The van der Waals surface area contributed by atoms with Crippen molar-refractivity contribution >= 4 is 17.3 Å². The quantitative estimate of drug-likeness (QED) is 0.809. The molecule has 0 aliphatic heterocycles. The van der Waals surface area contributed by atoms with Crippen molar-refractivity contribution in [3.63, 3.8) is 0 Å². The second-order valence-electron chi connectivity index (χ2n) is 3.60. The van der Waals surface area contributed by atoms with Crippen LogP contribution in [0.2, 0.25) is 5.02 Å². The number of nitriles is 1. The summed E-state index contributed by atoms with van der Waals surface area (Å²) in [6.07, 6.45) is 0.500. The average molecular weight is 239 g/mol. The molecule has 0 radical (unpaired) electrons. The Labute approximate surface area is 101 Å². The number of hydrogen-bond acceptors (Lipinski definition) is 3. The minimum Gasteiger partial charge on any atom is -0.495 e. The van der Waals surface area contributed by atoms with Gasteiger partial charge in [-0.2, -0.15) is 5.26 Å². The third kappa shape index (κ3) is 2.80. The predicted molar refractivity (Wildman–Crippen MR) is 66.2 cm³/mol. The van der Waals surface area contributed by atoms with Crippen molar-refractivity contribution in [3.05, 3.63) is 22.7 Å². The van der Waals surface area contributed by atoms with Gasteiger partial charge in [0.2, 0.25) is 0 Å². The van der Waals surface area contributed by atoms with E-state index in [1.807, 2.05) is 31.0 Å². The normalized spacial score (nSPS) is 9.69. The van der Waals surface area contributed by atoms with Gasteiger partial charge in [-0.3, -0.25) is 0 Å². The maximum atomic E-state index is 8.55. The molecule has 0 saturated carbocycles. The summed E-state index contributed by atoms with van der Waals surface area (Å²) in [6, 6.07) is 5.90. The van der Waals surface area contributed by atoms with Crippen LogP contribution < -0.4 is 9.64 Å². The fraction of sp³-hybridized carbons (Fsp3) is 0.417. The Kier molecular flexibility index (Phi) is 4.45. The maximum absolute atomic E-state index is 8.55. The first-order chi connectivity index (χ1) is 7.60. The lowest BCUT2D eigenvalue weighted by Gasteiger charge is -2.21. The summed E-state index contributed by atoms with van der Waals surface area (Å²) in [5.41, 5.74) is 2.11. The number of nitrogens with zero attached hydrogens (tertiary/aromatic N) is 2. The molecule has 4 heteroatoms. The molecule has 86 valence electrons. The van der Waals surface area contributed by atoms with Crippen LogP contribution in [0.25, 0.3) is 0 Å². The van der Waals surface area contributed by atoms with E-state index in [1.165, 1.54) is 0 Å². The smallest absolute Gasteiger partial charge is 0.137 e. The predicted octanol–water partition coefficient (Wildman–Crippen LogP) is 3.01. The van der Waals surface area contributed by atoms with E-state index < -0.39 is 0 Å². The Morgan fingerprint density at radius 1 is 1.50 bits per heavy atom. The molecule has 16 heavy (non-hydrogen) atoms. The monoisotopic (exact) mass is 238 g/mol. The molecule has 0 aromatic heterocycles. The average Bonchev–Trinajstić information content (AvgIpc) is 2.28. The number of halogens is 1. The third-order valence-electron chi connectivity index (χ3n) is 2.44. The number of benzene rings is 1. The van der Waals surface area contributed by atoms with Crippen LogP contribution >= 0.6 is 11.6 Å². The highest BCUT2D eigenvalue weighted by Crippen LogP contribution is 2.32. The van der Waals surface area contributed by atoms with Gasteiger partial charge in [-0.15, -0.1) is 0 Å². The topological polar surface area (TPSA) is 36.3 Å². The zero-order chi connectivity index (χ0) is 12.1. The summed E-state index contributed by atoms with van der Waals surface area (Å²) in [4.78, 5) is 2.02. The van der Waals surface area contributed by atoms with E-state index >= 15 is 0 Å². The molecule has 0 fully saturated rings. The first kappa shape index (κ1) is 12.7. The van der Waals surface area contributed by atoms with Crippen LogP contribution in [0.3, 0.4) is 0 Å². The van der Waals surface area contributed by atoms with E-state index in [1.54, 1.807) is 7.11 Å². The molecule has 1 rings (SSSR count). The molecule has 0 saturated heterocycles. The molecule has 0 aliphatic carbocycles. The zero-order valence-corrected chi connectivity index (χ0v) is 10.5. The van der Waals surface area contributed by atoms with Crippen LogP contribution in [0.1, 0.15) is 12.0 Å². The summed E-state index contributed by atoms with van der Waals surface area (Å²) in [6.45, 7) is 2.69. The van der Waals surface area contributed by atoms with Gasteiger partial charge in [0.15, 0.2) is 0 Å². The maximum Gasteiger partial charge on any atom is 0.137 e. The van der Waals surface area contributed by atoms with Gasteiger partial charge in [-0.05, 0) is 24.6 Å². The number of methoxy groups -OCH3 is 1. The summed E-state index contributed by atoms with van der Waals surface area (Å²) in [5, 5.41) is 9.14. The van der Waals surface area contributed by atoms with E-state index in [0.717, 1.165) is 11.3 Å². The fourth-order valence-corrected chi connectivity index (χ4v) is 1.79. The Balaban J connectivity index is 2.97. The largest absolute Gasteiger partial charge is 0.495 e. The molecule has 0 heterocycles. The van der Waals surface area contributed by atoms with E-state index in [9.17, 15) is 0 Å². The molecule has 1 aromatic carbocycles. The number of anilines is 1. The van der Waals surface area contributed by atoms with Crippen molar-refractivity contribution in [1.82, 2.24) is 0 Å².